The van der Waals surface area contributed by atoms with Gasteiger partial charge in [-0.1, -0.05) is 17.7 Å². The van der Waals surface area contributed by atoms with Crippen LogP contribution < -0.4 is 19.5 Å². The molecule has 38 heavy (non-hydrogen) atoms. The number of hydroxylamine groups is 3. The van der Waals surface area contributed by atoms with E-state index in [1.807, 2.05) is 0 Å². The van der Waals surface area contributed by atoms with Gasteiger partial charge in [-0.2, -0.15) is 0 Å². The van der Waals surface area contributed by atoms with E-state index in [0.717, 1.165) is 5.56 Å². The van der Waals surface area contributed by atoms with Crippen LogP contribution in [-0.2, 0) is 11.2 Å². The van der Waals surface area contributed by atoms with Crippen molar-refractivity contribution in [2.45, 2.75) is 18.8 Å². The third-order valence-corrected chi connectivity index (χ3v) is 7.00. The summed E-state index contributed by atoms with van der Waals surface area (Å²) in [6, 6.07) is 14.1. The molecular formula is C28H26ClFN2O6. The van der Waals surface area contributed by atoms with E-state index in [9.17, 15) is 19.2 Å². The summed E-state index contributed by atoms with van der Waals surface area (Å²) in [5, 5.41) is 15.4. The highest BCUT2D eigenvalue weighted by atomic mass is 35.5. The molecule has 0 aliphatic carbocycles. The van der Waals surface area contributed by atoms with Gasteiger partial charge in [0.15, 0.2) is 0 Å². The zero-order valence-corrected chi connectivity index (χ0v) is 21.4. The van der Waals surface area contributed by atoms with E-state index in [1.54, 1.807) is 42.5 Å². The minimum absolute atomic E-state index is 0.265. The second-order valence-corrected chi connectivity index (χ2v) is 9.68. The van der Waals surface area contributed by atoms with Crippen LogP contribution in [0, 0.1) is 11.0 Å². The van der Waals surface area contributed by atoms with Crippen LogP contribution >= 0.6 is 11.6 Å². The third-order valence-electron chi connectivity index (χ3n) is 6.71. The van der Waals surface area contributed by atoms with E-state index in [2.05, 4.69) is 5.32 Å². The van der Waals surface area contributed by atoms with E-state index >= 15 is 0 Å². The van der Waals surface area contributed by atoms with Gasteiger partial charge in [0.1, 0.15) is 47.8 Å². The van der Waals surface area contributed by atoms with Crippen molar-refractivity contribution in [3.05, 3.63) is 87.3 Å². The number of amides is 2. The first-order valence-corrected chi connectivity index (χ1v) is 12.6. The van der Waals surface area contributed by atoms with Crippen molar-refractivity contribution in [2.75, 3.05) is 33.4 Å². The van der Waals surface area contributed by atoms with Gasteiger partial charge in [0.2, 0.25) is 0 Å². The van der Waals surface area contributed by atoms with Crippen LogP contribution in [0.1, 0.15) is 33.8 Å². The first kappa shape index (κ1) is 26.0. The van der Waals surface area contributed by atoms with E-state index in [0.29, 0.717) is 73.2 Å². The summed E-state index contributed by atoms with van der Waals surface area (Å²) in [5.41, 5.74) is 1.83. The van der Waals surface area contributed by atoms with Gasteiger partial charge in [0, 0.05) is 36.2 Å². The molecule has 0 spiro atoms. The third kappa shape index (κ3) is 5.45. The maximum atomic E-state index is 13.4. The molecule has 3 aromatic carbocycles. The molecule has 1 N–H and O–H groups in total. The molecule has 1 fully saturated rings. The monoisotopic (exact) mass is 540 g/mol. The predicted octanol–water partition coefficient (Wildman–Crippen LogP) is 4.97. The summed E-state index contributed by atoms with van der Waals surface area (Å²) < 4.78 is 29.4. The summed E-state index contributed by atoms with van der Waals surface area (Å²) in [5.74, 6) is 0.140. The first-order valence-electron chi connectivity index (χ1n) is 12.2. The number of hydrogen-bond acceptors (Lipinski definition) is 6. The predicted molar refractivity (Wildman–Crippen MR) is 138 cm³/mol. The van der Waals surface area contributed by atoms with Crippen molar-refractivity contribution >= 4 is 23.4 Å². The summed E-state index contributed by atoms with van der Waals surface area (Å²) in [6.07, 6.45) is 0.919. The fourth-order valence-corrected chi connectivity index (χ4v) is 4.67. The lowest BCUT2D eigenvalue weighted by molar-refractivity contribution is -0.661. The molecule has 0 bridgehead atoms. The van der Waals surface area contributed by atoms with Crippen molar-refractivity contribution in [2.24, 2.45) is 0 Å². The Morgan fingerprint density at radius 3 is 2.61 bits per heavy atom. The van der Waals surface area contributed by atoms with Gasteiger partial charge in [-0.25, -0.2) is 9.18 Å². The van der Waals surface area contributed by atoms with Gasteiger partial charge in [-0.3, -0.25) is 9.44 Å². The van der Waals surface area contributed by atoms with Crippen LogP contribution in [0.15, 0.2) is 54.6 Å². The highest BCUT2D eigenvalue weighted by Gasteiger charge is 2.47. The number of carbonyl (C=O) groups is 2. The normalized spacial score (nSPS) is 17.1. The average Bonchev–Trinajstić information content (AvgIpc) is 3.67. The van der Waals surface area contributed by atoms with Gasteiger partial charge >= 0.3 is 5.91 Å². The summed E-state index contributed by atoms with van der Waals surface area (Å²) in [4.78, 5) is 25.2. The van der Waals surface area contributed by atoms with Gasteiger partial charge < -0.3 is 24.7 Å². The lowest BCUT2D eigenvalue weighted by Crippen LogP contribution is -2.34. The molecule has 2 aliphatic rings. The molecule has 1 saturated heterocycles. The molecule has 1 unspecified atom stereocenters. The number of carbonyl (C=O) groups excluding carboxylic acids is 2. The fourth-order valence-electron chi connectivity index (χ4n) is 4.46. The molecule has 198 valence electrons. The Balaban J connectivity index is 1.21. The first-order chi connectivity index (χ1) is 18.3. The van der Waals surface area contributed by atoms with Gasteiger partial charge in [-0.15, -0.1) is 0 Å². The molecule has 3 aromatic rings. The van der Waals surface area contributed by atoms with Gasteiger partial charge in [-0.05, 0) is 48.4 Å². The Kier molecular flexibility index (Phi) is 7.25. The van der Waals surface area contributed by atoms with Crippen molar-refractivity contribution in [3.63, 3.8) is 0 Å². The number of methoxy groups -OCH3 is 1. The van der Waals surface area contributed by atoms with Crippen LogP contribution in [0.4, 0.5) is 4.39 Å². The number of fused-ring (bicyclic) bond motifs is 1. The maximum Gasteiger partial charge on any atom is 0.321 e. The van der Waals surface area contributed by atoms with Crippen molar-refractivity contribution in [1.82, 2.24) is 5.32 Å². The topological polar surface area (TPSA) is 96.9 Å². The molecule has 10 heteroatoms. The summed E-state index contributed by atoms with van der Waals surface area (Å²) in [6.45, 7) is 1.30. The van der Waals surface area contributed by atoms with Crippen LogP contribution in [-0.4, -0.2) is 49.8 Å². The molecular weight excluding hydrogens is 515 g/mol. The Bertz CT molecular complexity index is 1380. The molecule has 0 radical (unpaired) electrons. The Hall–Kier alpha value is -3.66. The Labute approximate surface area is 224 Å². The van der Waals surface area contributed by atoms with Crippen LogP contribution in [0.5, 0.6) is 23.0 Å². The molecule has 5 rings (SSSR count). The van der Waals surface area contributed by atoms with E-state index in [1.165, 1.54) is 19.2 Å². The Morgan fingerprint density at radius 2 is 1.89 bits per heavy atom. The van der Waals surface area contributed by atoms with Gasteiger partial charge in [0.25, 0.3) is 5.91 Å². The number of hydrogen-bond donors (Lipinski definition) is 1. The van der Waals surface area contributed by atoms with Crippen molar-refractivity contribution < 1.29 is 32.8 Å². The number of ether oxygens (including phenoxy) is 3. The van der Waals surface area contributed by atoms with Crippen LogP contribution in [0.3, 0.4) is 0 Å². The molecule has 2 heterocycles. The second kappa shape index (κ2) is 10.6. The standard InChI is InChI=1S/C28H26ClFN2O6/c1-36-24-14-19(30)5-2-17(24)8-10-31-27(33)18-3-6-20(7-4-18)38-26-16-25-22(15-23(26)29)21(9-13-37-25)28(34)32(35)11-12-32/h2-7,14-16,21H,8-13H2,1H3,(H,31,33). The molecule has 1 atom stereocenters. The summed E-state index contributed by atoms with van der Waals surface area (Å²) >= 11 is 6.46. The lowest BCUT2D eigenvalue weighted by atomic mass is 9.92. The number of quaternary nitrogens is 1. The summed E-state index contributed by atoms with van der Waals surface area (Å²) in [7, 11) is 1.47. The molecule has 0 aromatic heterocycles. The highest BCUT2D eigenvalue weighted by Crippen LogP contribution is 2.44. The number of nitrogens with one attached hydrogen (secondary N) is 1. The lowest BCUT2D eigenvalue weighted by Gasteiger charge is -2.29. The number of benzene rings is 3. The van der Waals surface area contributed by atoms with E-state index in [4.69, 9.17) is 25.8 Å². The zero-order valence-electron chi connectivity index (χ0n) is 20.7. The smallest absolute Gasteiger partial charge is 0.321 e. The minimum Gasteiger partial charge on any atom is -0.625 e. The van der Waals surface area contributed by atoms with E-state index < -0.39 is 10.6 Å². The zero-order chi connectivity index (χ0) is 26.9. The van der Waals surface area contributed by atoms with Crippen molar-refractivity contribution in [1.29, 1.82) is 0 Å². The maximum absolute atomic E-state index is 13.4. The number of halogens is 2. The van der Waals surface area contributed by atoms with Gasteiger partial charge in [0.05, 0.1) is 18.7 Å². The molecule has 2 aliphatic heterocycles. The van der Waals surface area contributed by atoms with E-state index in [-0.39, 0.29) is 22.7 Å². The van der Waals surface area contributed by atoms with Crippen LogP contribution in [0.25, 0.3) is 0 Å². The quantitative estimate of drug-likeness (QED) is 0.246. The van der Waals surface area contributed by atoms with Crippen molar-refractivity contribution in [3.8, 4) is 23.0 Å². The molecule has 8 nitrogen and oxygen atoms in total. The Morgan fingerprint density at radius 1 is 1.13 bits per heavy atom. The minimum atomic E-state index is -0.791. The highest BCUT2D eigenvalue weighted by molar-refractivity contribution is 6.32. The number of rotatable bonds is 8. The largest absolute Gasteiger partial charge is 0.625 e. The van der Waals surface area contributed by atoms with Crippen LogP contribution in [0.2, 0.25) is 5.02 Å². The SMILES string of the molecule is COc1cc(F)ccc1CCNC(=O)c1ccc(Oc2cc3c(cc2Cl)C(C(=O)[N+]2([O-])CC2)CCO3)cc1. The average molecular weight is 541 g/mol. The number of nitrogens with zero attached hydrogens (tertiary/aromatic N) is 1. The second-order valence-electron chi connectivity index (χ2n) is 9.27. The molecule has 0 saturated carbocycles. The molecule has 2 amide bonds. The fraction of sp³-hybridized carbons (Fsp3) is 0.286.